The fourth-order valence-corrected chi connectivity index (χ4v) is 4.44. The molecule has 0 fully saturated rings. The largest absolute Gasteiger partial charge is 0.457 e. The van der Waals surface area contributed by atoms with Gasteiger partial charge in [0.05, 0.1) is 24.6 Å². The number of carbonyl (C=O) groups is 1. The maximum Gasteiger partial charge on any atom is 0.348 e. The number of aliphatic hydroxyl groups excluding tert-OH is 1. The number of hydrogen-bond acceptors (Lipinski definition) is 8. The van der Waals surface area contributed by atoms with E-state index < -0.39 is 12.1 Å². The molecule has 32 heavy (non-hydrogen) atoms. The number of esters is 1. The number of methoxy groups -OCH3 is 1. The highest BCUT2D eigenvalue weighted by molar-refractivity contribution is 7.20. The Kier molecular flexibility index (Phi) is 8.29. The average Bonchev–Trinajstić information content (AvgIpc) is 3.13. The smallest absolute Gasteiger partial charge is 0.348 e. The van der Waals surface area contributed by atoms with Gasteiger partial charge in [-0.1, -0.05) is 43.0 Å². The molecule has 1 aromatic carbocycles. The van der Waals surface area contributed by atoms with E-state index in [1.807, 2.05) is 35.2 Å². The summed E-state index contributed by atoms with van der Waals surface area (Å²) < 4.78 is 10.3. The van der Waals surface area contributed by atoms with E-state index in [-0.39, 0.29) is 12.2 Å². The highest BCUT2D eigenvalue weighted by Crippen LogP contribution is 2.28. The van der Waals surface area contributed by atoms with Crippen molar-refractivity contribution in [2.75, 3.05) is 33.4 Å². The summed E-state index contributed by atoms with van der Waals surface area (Å²) in [6.45, 7) is 7.01. The van der Waals surface area contributed by atoms with E-state index in [4.69, 9.17) is 9.47 Å². The van der Waals surface area contributed by atoms with E-state index in [1.165, 1.54) is 6.08 Å². The van der Waals surface area contributed by atoms with E-state index in [9.17, 15) is 14.7 Å². The van der Waals surface area contributed by atoms with Gasteiger partial charge in [0.25, 0.3) is 5.56 Å². The van der Waals surface area contributed by atoms with Gasteiger partial charge in [-0.3, -0.25) is 9.69 Å². The Morgan fingerprint density at radius 2 is 2.12 bits per heavy atom. The number of thiophene rings is 1. The molecule has 9 heteroatoms. The number of fused-ring (bicyclic) bond motifs is 1. The van der Waals surface area contributed by atoms with Crippen LogP contribution in [0.5, 0.6) is 0 Å². The summed E-state index contributed by atoms with van der Waals surface area (Å²) in [6, 6.07) is 9.39. The fraction of sp³-hybridized carbons (Fsp3) is 0.348. The van der Waals surface area contributed by atoms with Gasteiger partial charge < -0.3 is 19.6 Å². The van der Waals surface area contributed by atoms with Gasteiger partial charge in [-0.15, -0.1) is 11.3 Å². The summed E-state index contributed by atoms with van der Waals surface area (Å²) in [5.41, 5.74) is 1.05. The van der Waals surface area contributed by atoms with Crippen molar-refractivity contribution in [3.63, 3.8) is 0 Å². The number of ether oxygens (including phenoxy) is 2. The van der Waals surface area contributed by atoms with Crippen LogP contribution in [0.3, 0.4) is 0 Å². The molecule has 0 spiro atoms. The molecule has 0 aliphatic carbocycles. The molecule has 0 bridgehead atoms. The Hall–Kier alpha value is -2.85. The van der Waals surface area contributed by atoms with Crippen LogP contribution in [0.15, 0.2) is 47.8 Å². The number of rotatable bonds is 11. The van der Waals surface area contributed by atoms with Crippen LogP contribution in [0.4, 0.5) is 0 Å². The highest BCUT2D eigenvalue weighted by atomic mass is 32.1. The third kappa shape index (κ3) is 5.68. The molecule has 0 aliphatic heterocycles. The van der Waals surface area contributed by atoms with E-state index in [0.29, 0.717) is 52.7 Å². The number of aromatic amines is 1. The molecule has 0 saturated carbocycles. The van der Waals surface area contributed by atoms with Gasteiger partial charge >= 0.3 is 5.97 Å². The molecule has 1 atom stereocenters. The van der Waals surface area contributed by atoms with Crippen LogP contribution in [0.25, 0.3) is 10.2 Å². The summed E-state index contributed by atoms with van der Waals surface area (Å²) in [6.07, 6.45) is 0.793. The molecule has 8 nitrogen and oxygen atoms in total. The third-order valence-corrected chi connectivity index (χ3v) is 6.13. The minimum Gasteiger partial charge on any atom is -0.457 e. The molecule has 3 rings (SSSR count). The van der Waals surface area contributed by atoms with E-state index in [1.54, 1.807) is 14.0 Å². The normalized spacial score (nSPS) is 12.2. The second kappa shape index (κ2) is 11.1. The van der Waals surface area contributed by atoms with Crippen LogP contribution in [-0.2, 0) is 16.0 Å². The molecule has 3 aromatic rings. The van der Waals surface area contributed by atoms with Crippen LogP contribution in [0.1, 0.15) is 32.7 Å². The van der Waals surface area contributed by atoms with Gasteiger partial charge in [-0.25, -0.2) is 9.78 Å². The highest BCUT2D eigenvalue weighted by Gasteiger charge is 2.21. The topological polar surface area (TPSA) is 105 Å². The van der Waals surface area contributed by atoms with Gasteiger partial charge in [0.2, 0.25) is 0 Å². The van der Waals surface area contributed by atoms with Crippen LogP contribution >= 0.6 is 11.3 Å². The van der Waals surface area contributed by atoms with Crippen molar-refractivity contribution in [3.8, 4) is 0 Å². The maximum atomic E-state index is 12.8. The standard InChI is InChI=1S/C23H27N3O5S/c1-4-11-31-23(29)20-15(2)19-21(28)24-18(25-22(19)32-20)14-26(10-12-30-3)13-17(27)16-8-6-5-7-9-16/h4-9,17,27H,1,10-14H2,2-3H3,(H,24,25,28). The predicted molar refractivity (Wildman–Crippen MR) is 124 cm³/mol. The lowest BCUT2D eigenvalue weighted by atomic mass is 10.1. The quantitative estimate of drug-likeness (QED) is 0.337. The molecular formula is C23H27N3O5S. The number of H-pyrrole nitrogens is 1. The number of aromatic nitrogens is 2. The maximum absolute atomic E-state index is 12.8. The first-order valence-corrected chi connectivity index (χ1v) is 11.0. The van der Waals surface area contributed by atoms with Crippen LogP contribution in [-0.4, -0.2) is 59.4 Å². The number of aliphatic hydroxyl groups is 1. The van der Waals surface area contributed by atoms with E-state index >= 15 is 0 Å². The van der Waals surface area contributed by atoms with Crippen molar-refractivity contribution >= 4 is 27.5 Å². The Bertz CT molecular complexity index is 1130. The minimum atomic E-state index is -0.696. The Balaban J connectivity index is 1.85. The zero-order valence-electron chi connectivity index (χ0n) is 18.2. The monoisotopic (exact) mass is 457 g/mol. The number of nitrogens with zero attached hydrogens (tertiary/aromatic N) is 2. The van der Waals surface area contributed by atoms with Gasteiger partial charge in [-0.2, -0.15) is 0 Å². The summed E-state index contributed by atoms with van der Waals surface area (Å²) in [4.78, 5) is 35.2. The number of carbonyl (C=O) groups excluding carboxylic acids is 1. The Labute approximate surface area is 190 Å². The lowest BCUT2D eigenvalue weighted by Crippen LogP contribution is -2.32. The molecule has 0 radical (unpaired) electrons. The van der Waals surface area contributed by atoms with Gasteiger partial charge in [0, 0.05) is 20.2 Å². The SMILES string of the molecule is C=CCOC(=O)c1sc2nc(CN(CCOC)CC(O)c3ccccc3)[nH]c(=O)c2c1C. The van der Waals surface area contributed by atoms with E-state index in [0.717, 1.165) is 16.9 Å². The van der Waals surface area contributed by atoms with Crippen molar-refractivity contribution in [1.29, 1.82) is 0 Å². The van der Waals surface area contributed by atoms with Crippen molar-refractivity contribution in [2.24, 2.45) is 0 Å². The van der Waals surface area contributed by atoms with Crippen molar-refractivity contribution < 1.29 is 19.4 Å². The van der Waals surface area contributed by atoms with Crippen LogP contribution in [0, 0.1) is 6.92 Å². The van der Waals surface area contributed by atoms with Crippen molar-refractivity contribution in [3.05, 3.63) is 75.2 Å². The fourth-order valence-electron chi connectivity index (χ4n) is 3.35. The summed E-state index contributed by atoms with van der Waals surface area (Å²) >= 11 is 1.13. The minimum absolute atomic E-state index is 0.0970. The number of hydrogen-bond donors (Lipinski definition) is 2. The molecule has 170 valence electrons. The lowest BCUT2D eigenvalue weighted by molar-refractivity contribution is 0.0554. The molecule has 2 aromatic heterocycles. The second-order valence-corrected chi connectivity index (χ2v) is 8.29. The molecule has 2 heterocycles. The Morgan fingerprint density at radius 1 is 1.38 bits per heavy atom. The summed E-state index contributed by atoms with van der Waals surface area (Å²) in [5, 5.41) is 11.0. The second-order valence-electron chi connectivity index (χ2n) is 7.29. The first-order valence-electron chi connectivity index (χ1n) is 10.2. The zero-order valence-corrected chi connectivity index (χ0v) is 19.0. The van der Waals surface area contributed by atoms with Crippen LogP contribution < -0.4 is 5.56 Å². The first kappa shape index (κ1) is 23.8. The molecule has 0 amide bonds. The average molecular weight is 458 g/mol. The molecular weight excluding hydrogens is 430 g/mol. The van der Waals surface area contributed by atoms with E-state index in [2.05, 4.69) is 16.5 Å². The number of nitrogens with one attached hydrogen (secondary N) is 1. The molecule has 0 aliphatic rings. The van der Waals surface area contributed by atoms with Crippen LogP contribution in [0.2, 0.25) is 0 Å². The van der Waals surface area contributed by atoms with Gasteiger partial charge in [0.1, 0.15) is 22.1 Å². The molecule has 0 saturated heterocycles. The number of aryl methyl sites for hydroxylation is 1. The summed E-state index contributed by atoms with van der Waals surface area (Å²) in [7, 11) is 1.61. The molecule has 2 N–H and O–H groups in total. The van der Waals surface area contributed by atoms with Crippen molar-refractivity contribution in [2.45, 2.75) is 19.6 Å². The molecule has 1 unspecified atom stereocenters. The van der Waals surface area contributed by atoms with Gasteiger partial charge in [0.15, 0.2) is 0 Å². The lowest BCUT2D eigenvalue weighted by Gasteiger charge is -2.24. The predicted octanol–water partition coefficient (Wildman–Crippen LogP) is 2.82. The first-order chi connectivity index (χ1) is 15.4. The zero-order chi connectivity index (χ0) is 23.1. The van der Waals surface area contributed by atoms with Crippen molar-refractivity contribution in [1.82, 2.24) is 14.9 Å². The Morgan fingerprint density at radius 3 is 2.81 bits per heavy atom. The number of benzene rings is 1. The third-order valence-electron chi connectivity index (χ3n) is 4.97. The summed E-state index contributed by atoms with van der Waals surface area (Å²) in [5.74, 6) is -0.0508. The van der Waals surface area contributed by atoms with Gasteiger partial charge in [-0.05, 0) is 18.1 Å².